The van der Waals surface area contributed by atoms with Crippen molar-refractivity contribution in [3.05, 3.63) is 36.0 Å². The minimum atomic E-state index is -0.550. The Kier molecular flexibility index (Phi) is 5.09. The third-order valence-electron chi connectivity index (χ3n) is 4.60. The predicted molar refractivity (Wildman–Crippen MR) is 97.6 cm³/mol. The van der Waals surface area contributed by atoms with Crippen molar-refractivity contribution < 1.29 is 9.90 Å². The smallest absolute Gasteiger partial charge is 0.267 e. The van der Waals surface area contributed by atoms with Crippen LogP contribution in [0.25, 0.3) is 0 Å². The number of phenolic OH excluding ortho intramolecular Hbond substituents is 1. The number of carbonyl (C=O) groups excluding carboxylic acids is 1. The molecule has 134 valence electrons. The zero-order valence-corrected chi connectivity index (χ0v) is 15.2. The number of hydrogen-bond acceptors (Lipinski definition) is 5. The molecule has 25 heavy (non-hydrogen) atoms. The summed E-state index contributed by atoms with van der Waals surface area (Å²) in [5, 5.41) is 21.8. The van der Waals surface area contributed by atoms with Crippen LogP contribution in [0.4, 0.5) is 5.69 Å². The number of likely N-dealkylation sites (tertiary alicyclic amines) is 1. The highest BCUT2D eigenvalue weighted by molar-refractivity contribution is 6.07. The summed E-state index contributed by atoms with van der Waals surface area (Å²) >= 11 is 0. The number of aromatic hydroxyl groups is 1. The molecule has 1 aromatic carbocycles. The van der Waals surface area contributed by atoms with Gasteiger partial charge in [-0.3, -0.25) is 4.79 Å². The van der Waals surface area contributed by atoms with Gasteiger partial charge in [0, 0.05) is 23.3 Å². The van der Waals surface area contributed by atoms with Crippen LogP contribution in [-0.2, 0) is 4.79 Å². The Balaban J connectivity index is 2.31. The van der Waals surface area contributed by atoms with Crippen molar-refractivity contribution in [3.8, 4) is 11.8 Å². The van der Waals surface area contributed by atoms with Crippen LogP contribution < -0.4 is 11.1 Å². The molecule has 0 aliphatic carbocycles. The Labute approximate surface area is 148 Å². The summed E-state index contributed by atoms with van der Waals surface area (Å²) in [5.41, 5.74) is 5.87. The molecule has 0 radical (unpaired) electrons. The van der Waals surface area contributed by atoms with Crippen molar-refractivity contribution in [2.24, 2.45) is 5.73 Å². The maximum absolute atomic E-state index is 12.5. The van der Waals surface area contributed by atoms with Gasteiger partial charge in [0.25, 0.3) is 5.91 Å². The van der Waals surface area contributed by atoms with Crippen LogP contribution in [0.2, 0.25) is 0 Å². The Morgan fingerprint density at radius 3 is 2.40 bits per heavy atom. The summed E-state index contributed by atoms with van der Waals surface area (Å²) in [5.74, 6) is -0.594. The van der Waals surface area contributed by atoms with Gasteiger partial charge in [0.15, 0.2) is 0 Å². The number of rotatable bonds is 3. The van der Waals surface area contributed by atoms with Crippen molar-refractivity contribution in [2.75, 3.05) is 5.32 Å². The van der Waals surface area contributed by atoms with Crippen molar-refractivity contribution in [1.29, 1.82) is 5.26 Å². The number of hydrogen-bond donors (Lipinski definition) is 3. The Morgan fingerprint density at radius 2 is 1.88 bits per heavy atom. The standard InChI is InChI=1S/C19H26N4O2/c1-18(2)9-14(21)10-19(3,4)23(18)12-13(11-20)17(25)22-15-7-5-6-8-16(15)24/h5-8,12,14,24H,9-10,21H2,1-4H3,(H,22,25)/b13-12-. The molecule has 1 aromatic rings. The van der Waals surface area contributed by atoms with E-state index in [9.17, 15) is 15.2 Å². The largest absolute Gasteiger partial charge is 0.506 e. The number of benzene rings is 1. The average Bonchev–Trinajstić information content (AvgIpc) is 2.47. The molecule has 1 amide bonds. The van der Waals surface area contributed by atoms with Crippen LogP contribution in [-0.4, -0.2) is 33.0 Å². The van der Waals surface area contributed by atoms with Crippen LogP contribution in [0.5, 0.6) is 5.75 Å². The molecule has 0 unspecified atom stereocenters. The predicted octanol–water partition coefficient (Wildman–Crippen LogP) is 2.72. The molecule has 6 heteroatoms. The monoisotopic (exact) mass is 342 g/mol. The van der Waals surface area contributed by atoms with E-state index in [4.69, 9.17) is 5.73 Å². The fraction of sp³-hybridized carbons (Fsp3) is 0.474. The maximum Gasteiger partial charge on any atom is 0.267 e. The van der Waals surface area contributed by atoms with Gasteiger partial charge in [-0.25, -0.2) is 0 Å². The lowest BCUT2D eigenvalue weighted by Gasteiger charge is -2.54. The molecule has 0 spiro atoms. The number of carbonyl (C=O) groups is 1. The van der Waals surface area contributed by atoms with Gasteiger partial charge in [-0.05, 0) is 52.7 Å². The van der Waals surface area contributed by atoms with Gasteiger partial charge >= 0.3 is 0 Å². The number of amides is 1. The summed E-state index contributed by atoms with van der Waals surface area (Å²) in [7, 11) is 0. The second-order valence-electron chi connectivity index (χ2n) is 7.79. The van der Waals surface area contributed by atoms with Crippen LogP contribution in [0.1, 0.15) is 40.5 Å². The Bertz CT molecular complexity index is 713. The van der Waals surface area contributed by atoms with Crippen molar-refractivity contribution in [2.45, 2.75) is 57.7 Å². The molecule has 1 saturated heterocycles. The zero-order chi connectivity index (χ0) is 18.8. The van der Waals surface area contributed by atoms with Gasteiger partial charge in [0.2, 0.25) is 0 Å². The third kappa shape index (κ3) is 4.12. The van der Waals surface area contributed by atoms with E-state index in [1.54, 1.807) is 24.4 Å². The van der Waals surface area contributed by atoms with Gasteiger partial charge in [-0.1, -0.05) is 12.1 Å². The highest BCUT2D eigenvalue weighted by Gasteiger charge is 2.43. The second kappa shape index (κ2) is 6.77. The van der Waals surface area contributed by atoms with Crippen molar-refractivity contribution in [3.63, 3.8) is 0 Å². The molecule has 1 aliphatic heterocycles. The first-order valence-corrected chi connectivity index (χ1v) is 8.33. The van der Waals surface area contributed by atoms with Crippen LogP contribution in [0.3, 0.4) is 0 Å². The van der Waals surface area contributed by atoms with Crippen molar-refractivity contribution in [1.82, 2.24) is 4.90 Å². The number of phenols is 1. The lowest BCUT2D eigenvalue weighted by Crippen LogP contribution is -2.61. The molecule has 0 bridgehead atoms. The molecule has 2 rings (SSSR count). The zero-order valence-electron chi connectivity index (χ0n) is 15.2. The minimum absolute atomic E-state index is 0.0140. The summed E-state index contributed by atoms with van der Waals surface area (Å²) in [6.45, 7) is 8.22. The van der Waals surface area contributed by atoms with E-state index in [0.717, 1.165) is 12.8 Å². The summed E-state index contributed by atoms with van der Waals surface area (Å²) in [6.07, 6.45) is 3.15. The number of nitrogens with zero attached hydrogens (tertiary/aromatic N) is 2. The van der Waals surface area contributed by atoms with E-state index >= 15 is 0 Å². The third-order valence-corrected chi connectivity index (χ3v) is 4.60. The number of anilines is 1. The van der Waals surface area contributed by atoms with Gasteiger partial charge in [0.05, 0.1) is 5.69 Å². The fourth-order valence-electron chi connectivity index (χ4n) is 3.76. The number of piperidine rings is 1. The fourth-order valence-corrected chi connectivity index (χ4v) is 3.76. The SMILES string of the molecule is CC1(C)CC(N)CC(C)(C)N1/C=C(/C#N)C(=O)Nc1ccccc1O. The van der Waals surface area contributed by atoms with Gasteiger partial charge < -0.3 is 21.1 Å². The Hall–Kier alpha value is -2.52. The first kappa shape index (κ1) is 18.8. The minimum Gasteiger partial charge on any atom is -0.506 e. The number of nitrogens with two attached hydrogens (primary N) is 1. The van der Waals surface area contributed by atoms with Gasteiger partial charge in [-0.2, -0.15) is 5.26 Å². The van der Waals surface area contributed by atoms with E-state index in [1.807, 2.05) is 11.0 Å². The summed E-state index contributed by atoms with van der Waals surface area (Å²) < 4.78 is 0. The summed E-state index contributed by atoms with van der Waals surface area (Å²) in [6, 6.07) is 8.46. The molecular formula is C19H26N4O2. The first-order valence-electron chi connectivity index (χ1n) is 8.33. The van der Waals surface area contributed by atoms with Crippen LogP contribution in [0.15, 0.2) is 36.0 Å². The van der Waals surface area contributed by atoms with E-state index in [1.165, 1.54) is 6.07 Å². The normalized spacial score (nSPS) is 20.0. The molecule has 1 aliphatic rings. The number of nitrogens with one attached hydrogen (secondary N) is 1. The lowest BCUT2D eigenvalue weighted by atomic mass is 9.77. The van der Waals surface area contributed by atoms with E-state index < -0.39 is 5.91 Å². The lowest BCUT2D eigenvalue weighted by molar-refractivity contribution is -0.112. The van der Waals surface area contributed by atoms with E-state index in [-0.39, 0.29) is 34.1 Å². The van der Waals surface area contributed by atoms with Gasteiger partial charge in [0.1, 0.15) is 17.4 Å². The molecule has 0 aromatic heterocycles. The van der Waals surface area contributed by atoms with Crippen LogP contribution >= 0.6 is 0 Å². The maximum atomic E-state index is 12.5. The quantitative estimate of drug-likeness (QED) is 0.445. The molecule has 0 saturated carbocycles. The van der Waals surface area contributed by atoms with Gasteiger partial charge in [-0.15, -0.1) is 0 Å². The number of para-hydroxylation sites is 2. The van der Waals surface area contributed by atoms with E-state index in [2.05, 4.69) is 33.0 Å². The molecular weight excluding hydrogens is 316 g/mol. The number of nitriles is 1. The van der Waals surface area contributed by atoms with Crippen molar-refractivity contribution >= 4 is 11.6 Å². The topological polar surface area (TPSA) is 102 Å². The van der Waals surface area contributed by atoms with Crippen LogP contribution in [0, 0.1) is 11.3 Å². The highest BCUT2D eigenvalue weighted by atomic mass is 16.3. The molecule has 4 N–H and O–H groups in total. The highest BCUT2D eigenvalue weighted by Crippen LogP contribution is 2.38. The molecule has 1 heterocycles. The summed E-state index contributed by atoms with van der Waals surface area (Å²) in [4.78, 5) is 14.5. The first-order chi connectivity index (χ1) is 11.6. The molecule has 0 atom stereocenters. The molecule has 6 nitrogen and oxygen atoms in total. The molecule has 1 fully saturated rings. The Morgan fingerprint density at radius 1 is 1.32 bits per heavy atom. The van der Waals surface area contributed by atoms with E-state index in [0.29, 0.717) is 0 Å². The second-order valence-corrected chi connectivity index (χ2v) is 7.79. The average molecular weight is 342 g/mol.